The third-order valence-corrected chi connectivity index (χ3v) is 3.78. The minimum atomic E-state index is -0.875. The van der Waals surface area contributed by atoms with Crippen molar-refractivity contribution in [2.24, 2.45) is 0 Å². The number of rotatable bonds is 7. The van der Waals surface area contributed by atoms with Crippen molar-refractivity contribution >= 4 is 11.9 Å². The topological polar surface area (TPSA) is 80.6 Å². The summed E-state index contributed by atoms with van der Waals surface area (Å²) in [5.41, 5.74) is -0.0297. The van der Waals surface area contributed by atoms with Gasteiger partial charge in [-0.25, -0.2) is 0 Å². The number of aliphatic carboxylic acids is 1. The van der Waals surface area contributed by atoms with Crippen LogP contribution >= 0.6 is 0 Å². The van der Waals surface area contributed by atoms with Crippen molar-refractivity contribution < 1.29 is 19.4 Å². The van der Waals surface area contributed by atoms with Gasteiger partial charge in [-0.15, -0.1) is 0 Å². The SMILES string of the molecule is COCCn1cccc1C(=O)NC1(CC(=O)O)CCC1. The lowest BCUT2D eigenvalue weighted by molar-refractivity contribution is -0.139. The molecule has 20 heavy (non-hydrogen) atoms. The van der Waals surface area contributed by atoms with Crippen LogP contribution in [0.2, 0.25) is 0 Å². The summed E-state index contributed by atoms with van der Waals surface area (Å²) in [6.07, 6.45) is 4.21. The zero-order chi connectivity index (χ0) is 14.6. The third-order valence-electron chi connectivity index (χ3n) is 3.78. The van der Waals surface area contributed by atoms with E-state index in [1.165, 1.54) is 0 Å². The zero-order valence-corrected chi connectivity index (χ0v) is 11.6. The molecule has 1 aromatic rings. The molecule has 1 aromatic heterocycles. The normalized spacial score (nSPS) is 16.4. The van der Waals surface area contributed by atoms with E-state index < -0.39 is 11.5 Å². The van der Waals surface area contributed by atoms with Gasteiger partial charge in [-0.2, -0.15) is 0 Å². The molecule has 6 nitrogen and oxygen atoms in total. The fourth-order valence-electron chi connectivity index (χ4n) is 2.55. The molecule has 0 atom stereocenters. The molecule has 0 bridgehead atoms. The average Bonchev–Trinajstić information content (AvgIpc) is 2.81. The van der Waals surface area contributed by atoms with E-state index in [-0.39, 0.29) is 12.3 Å². The van der Waals surface area contributed by atoms with E-state index in [4.69, 9.17) is 9.84 Å². The maximum atomic E-state index is 12.3. The number of carbonyl (C=O) groups is 2. The Morgan fingerprint density at radius 2 is 2.25 bits per heavy atom. The van der Waals surface area contributed by atoms with E-state index in [1.54, 1.807) is 19.2 Å². The second-order valence-electron chi connectivity index (χ2n) is 5.24. The zero-order valence-electron chi connectivity index (χ0n) is 11.6. The van der Waals surface area contributed by atoms with E-state index in [9.17, 15) is 9.59 Å². The van der Waals surface area contributed by atoms with Crippen molar-refractivity contribution in [1.82, 2.24) is 9.88 Å². The van der Waals surface area contributed by atoms with Crippen LogP contribution in [-0.4, -0.2) is 40.8 Å². The molecule has 1 aliphatic rings. The monoisotopic (exact) mass is 280 g/mol. The molecular weight excluding hydrogens is 260 g/mol. The first kappa shape index (κ1) is 14.6. The number of aromatic nitrogens is 1. The van der Waals surface area contributed by atoms with Crippen molar-refractivity contribution in [3.05, 3.63) is 24.0 Å². The minimum Gasteiger partial charge on any atom is -0.481 e. The molecule has 1 aliphatic carbocycles. The lowest BCUT2D eigenvalue weighted by Gasteiger charge is -2.41. The van der Waals surface area contributed by atoms with Crippen molar-refractivity contribution in [3.63, 3.8) is 0 Å². The Balaban J connectivity index is 2.04. The molecule has 0 saturated heterocycles. The maximum absolute atomic E-state index is 12.3. The number of methoxy groups -OCH3 is 1. The molecule has 1 heterocycles. The second-order valence-corrected chi connectivity index (χ2v) is 5.24. The Kier molecular flexibility index (Phi) is 4.44. The Morgan fingerprint density at radius 3 is 2.80 bits per heavy atom. The van der Waals surface area contributed by atoms with Crippen molar-refractivity contribution in [2.45, 2.75) is 37.8 Å². The number of carbonyl (C=O) groups excluding carboxylic acids is 1. The molecule has 0 unspecified atom stereocenters. The van der Waals surface area contributed by atoms with Crippen molar-refractivity contribution in [2.75, 3.05) is 13.7 Å². The standard InChI is InChI=1S/C14H20N2O4/c1-20-9-8-16-7-2-4-11(16)13(19)15-14(5-3-6-14)10-12(17)18/h2,4,7H,3,5-6,8-10H2,1H3,(H,15,19)(H,17,18). The van der Waals surface area contributed by atoms with Gasteiger partial charge in [0.1, 0.15) is 5.69 Å². The molecule has 2 N–H and O–H groups in total. The number of hydrogen-bond donors (Lipinski definition) is 2. The Labute approximate surface area is 117 Å². The van der Waals surface area contributed by atoms with Gasteiger partial charge in [0.2, 0.25) is 0 Å². The highest BCUT2D eigenvalue weighted by Crippen LogP contribution is 2.35. The van der Waals surface area contributed by atoms with Gasteiger partial charge in [-0.3, -0.25) is 9.59 Å². The summed E-state index contributed by atoms with van der Waals surface area (Å²) in [6.45, 7) is 1.12. The lowest BCUT2D eigenvalue weighted by Crippen LogP contribution is -2.55. The lowest BCUT2D eigenvalue weighted by atomic mass is 9.74. The number of nitrogens with one attached hydrogen (secondary N) is 1. The highest BCUT2D eigenvalue weighted by Gasteiger charge is 2.40. The van der Waals surface area contributed by atoms with E-state index >= 15 is 0 Å². The highest BCUT2D eigenvalue weighted by molar-refractivity contribution is 5.93. The van der Waals surface area contributed by atoms with Crippen LogP contribution in [0.1, 0.15) is 36.2 Å². The van der Waals surface area contributed by atoms with Crippen molar-refractivity contribution in [1.29, 1.82) is 0 Å². The molecule has 1 fully saturated rings. The van der Waals surface area contributed by atoms with Crippen LogP contribution in [0.15, 0.2) is 18.3 Å². The fourth-order valence-corrected chi connectivity index (χ4v) is 2.55. The number of amides is 1. The number of carboxylic acids is 1. The maximum Gasteiger partial charge on any atom is 0.305 e. The molecule has 110 valence electrons. The number of nitrogens with zero attached hydrogens (tertiary/aromatic N) is 1. The summed E-state index contributed by atoms with van der Waals surface area (Å²) in [7, 11) is 1.61. The van der Waals surface area contributed by atoms with Gasteiger partial charge < -0.3 is 19.7 Å². The summed E-state index contributed by atoms with van der Waals surface area (Å²) < 4.78 is 6.82. The van der Waals surface area contributed by atoms with E-state index in [2.05, 4.69) is 5.32 Å². The van der Waals surface area contributed by atoms with Gasteiger partial charge in [-0.1, -0.05) is 0 Å². The number of ether oxygens (including phenoxy) is 1. The molecule has 0 spiro atoms. The van der Waals surface area contributed by atoms with Gasteiger partial charge in [-0.05, 0) is 31.4 Å². The third kappa shape index (κ3) is 3.19. The summed E-state index contributed by atoms with van der Waals surface area (Å²) in [5.74, 6) is -1.09. The summed E-state index contributed by atoms with van der Waals surface area (Å²) in [5, 5.41) is 11.9. The van der Waals surface area contributed by atoms with E-state index in [1.807, 2.05) is 10.8 Å². The molecule has 2 rings (SSSR count). The number of hydrogen-bond acceptors (Lipinski definition) is 3. The van der Waals surface area contributed by atoms with Crippen molar-refractivity contribution in [3.8, 4) is 0 Å². The van der Waals surface area contributed by atoms with Gasteiger partial charge >= 0.3 is 5.97 Å². The van der Waals surface area contributed by atoms with Gasteiger partial charge in [0.05, 0.1) is 18.6 Å². The molecule has 0 radical (unpaired) electrons. The molecule has 0 aliphatic heterocycles. The minimum absolute atomic E-state index is 0.0163. The predicted octanol–water partition coefficient (Wildman–Crippen LogP) is 1.26. The second kappa shape index (κ2) is 6.09. The first-order chi connectivity index (χ1) is 9.56. The fraction of sp³-hybridized carbons (Fsp3) is 0.571. The molecule has 0 aromatic carbocycles. The predicted molar refractivity (Wildman–Crippen MR) is 72.6 cm³/mol. The van der Waals surface area contributed by atoms with Gasteiger partial charge in [0.25, 0.3) is 5.91 Å². The van der Waals surface area contributed by atoms with Crippen LogP contribution in [0.5, 0.6) is 0 Å². The smallest absolute Gasteiger partial charge is 0.305 e. The highest BCUT2D eigenvalue weighted by atomic mass is 16.5. The van der Waals surface area contributed by atoms with Crippen LogP contribution in [0.25, 0.3) is 0 Å². The van der Waals surface area contributed by atoms with Gasteiger partial charge in [0, 0.05) is 19.9 Å². The first-order valence-corrected chi connectivity index (χ1v) is 6.75. The molecule has 6 heteroatoms. The Morgan fingerprint density at radius 1 is 1.50 bits per heavy atom. The quantitative estimate of drug-likeness (QED) is 0.788. The average molecular weight is 280 g/mol. The van der Waals surface area contributed by atoms with Gasteiger partial charge in [0.15, 0.2) is 0 Å². The Hall–Kier alpha value is -1.82. The van der Waals surface area contributed by atoms with Crippen LogP contribution in [0.4, 0.5) is 0 Å². The van der Waals surface area contributed by atoms with Crippen LogP contribution in [-0.2, 0) is 16.1 Å². The molecule has 1 amide bonds. The largest absolute Gasteiger partial charge is 0.481 e. The first-order valence-electron chi connectivity index (χ1n) is 6.75. The molecular formula is C14H20N2O4. The van der Waals surface area contributed by atoms with Crippen LogP contribution in [0, 0.1) is 0 Å². The van der Waals surface area contributed by atoms with E-state index in [0.717, 1.165) is 19.3 Å². The Bertz CT molecular complexity index is 491. The summed E-state index contributed by atoms with van der Waals surface area (Å²) >= 11 is 0. The van der Waals surface area contributed by atoms with E-state index in [0.29, 0.717) is 18.8 Å². The number of carboxylic acid groups (broad SMARTS) is 1. The summed E-state index contributed by atoms with van der Waals surface area (Å²) in [4.78, 5) is 23.2. The molecule has 1 saturated carbocycles. The summed E-state index contributed by atoms with van der Waals surface area (Å²) in [6, 6.07) is 3.54. The van der Waals surface area contributed by atoms with Crippen LogP contribution < -0.4 is 5.32 Å². The van der Waals surface area contributed by atoms with Crippen LogP contribution in [0.3, 0.4) is 0 Å².